The molecule has 1 heterocycles. The van der Waals surface area contributed by atoms with Gasteiger partial charge in [-0.3, -0.25) is 4.79 Å². The fourth-order valence-corrected chi connectivity index (χ4v) is 1.81. The molecule has 0 bridgehead atoms. The van der Waals surface area contributed by atoms with E-state index in [-0.39, 0.29) is 0 Å². The highest BCUT2D eigenvalue weighted by Crippen LogP contribution is 2.32. The van der Waals surface area contributed by atoms with E-state index in [0.717, 1.165) is 22.8 Å². The number of rotatable bonds is 3. The summed E-state index contributed by atoms with van der Waals surface area (Å²) in [6.07, 6.45) is 0.739. The van der Waals surface area contributed by atoms with Crippen molar-refractivity contribution in [3.8, 4) is 11.5 Å². The van der Waals surface area contributed by atoms with Crippen molar-refractivity contribution >= 4 is 17.2 Å². The van der Waals surface area contributed by atoms with Crippen LogP contribution in [0.2, 0.25) is 0 Å². The Morgan fingerprint density at radius 1 is 1.12 bits per heavy atom. The first-order valence-corrected chi connectivity index (χ1v) is 5.18. The minimum Gasteiger partial charge on any atom is -0.493 e. The number of ether oxygens (including phenoxy) is 2. The summed E-state index contributed by atoms with van der Waals surface area (Å²) < 4.78 is 10.4. The summed E-state index contributed by atoms with van der Waals surface area (Å²) in [6, 6.07) is 5.39. The van der Waals surface area contributed by atoms with Crippen molar-refractivity contribution in [2.75, 3.05) is 14.2 Å². The molecule has 0 aliphatic rings. The van der Waals surface area contributed by atoms with Gasteiger partial charge in [-0.15, -0.1) is 0 Å². The van der Waals surface area contributed by atoms with E-state index in [2.05, 4.69) is 4.98 Å². The summed E-state index contributed by atoms with van der Waals surface area (Å²) in [5, 5.41) is 0.952. The van der Waals surface area contributed by atoms with Gasteiger partial charge in [0.1, 0.15) is 5.69 Å². The monoisotopic (exact) mass is 231 g/mol. The van der Waals surface area contributed by atoms with Crippen LogP contribution in [0.5, 0.6) is 11.5 Å². The van der Waals surface area contributed by atoms with Crippen LogP contribution in [0.15, 0.2) is 18.2 Å². The fourth-order valence-electron chi connectivity index (χ4n) is 1.81. The molecule has 88 valence electrons. The average Bonchev–Trinajstić information content (AvgIpc) is 2.36. The minimum absolute atomic E-state index is 0.419. The summed E-state index contributed by atoms with van der Waals surface area (Å²) in [7, 11) is 3.16. The van der Waals surface area contributed by atoms with E-state index in [4.69, 9.17) is 9.47 Å². The maximum absolute atomic E-state index is 10.8. The number of nitrogens with zero attached hydrogens (tertiary/aromatic N) is 1. The Morgan fingerprint density at radius 2 is 1.76 bits per heavy atom. The molecular weight excluding hydrogens is 218 g/mol. The highest BCUT2D eigenvalue weighted by molar-refractivity contribution is 5.88. The molecule has 1 aromatic heterocycles. The molecule has 0 spiro atoms. The largest absolute Gasteiger partial charge is 0.493 e. The molecule has 2 aromatic rings. The molecule has 1 aromatic carbocycles. The quantitative estimate of drug-likeness (QED) is 0.761. The molecule has 0 aliphatic carbocycles. The van der Waals surface area contributed by atoms with E-state index >= 15 is 0 Å². The first kappa shape index (κ1) is 11.4. The number of aryl methyl sites for hydroxylation is 1. The van der Waals surface area contributed by atoms with Gasteiger partial charge in [0.15, 0.2) is 17.8 Å². The van der Waals surface area contributed by atoms with Crippen LogP contribution in [0, 0.1) is 6.92 Å². The van der Waals surface area contributed by atoms with Crippen molar-refractivity contribution < 1.29 is 14.3 Å². The molecule has 17 heavy (non-hydrogen) atoms. The zero-order valence-corrected chi connectivity index (χ0v) is 9.98. The van der Waals surface area contributed by atoms with Crippen molar-refractivity contribution in [3.05, 3.63) is 29.5 Å². The van der Waals surface area contributed by atoms with Gasteiger partial charge in [-0.25, -0.2) is 4.98 Å². The number of hydrogen-bond donors (Lipinski definition) is 0. The lowest BCUT2D eigenvalue weighted by molar-refractivity contribution is 0.111. The number of fused-ring (bicyclic) bond motifs is 1. The van der Waals surface area contributed by atoms with E-state index in [0.29, 0.717) is 17.2 Å². The Balaban J connectivity index is 2.77. The highest BCUT2D eigenvalue weighted by atomic mass is 16.5. The standard InChI is InChI=1S/C13H13NO3/c1-8-4-9(7-15)14-11-6-13(17-3)12(16-2)5-10(8)11/h4-7H,1-3H3. The van der Waals surface area contributed by atoms with Crippen molar-refractivity contribution in [1.82, 2.24) is 4.98 Å². The molecule has 2 rings (SSSR count). The van der Waals surface area contributed by atoms with Crippen LogP contribution in [-0.4, -0.2) is 25.5 Å². The summed E-state index contributed by atoms with van der Waals surface area (Å²) in [5.41, 5.74) is 2.13. The molecule has 0 unspecified atom stereocenters. The van der Waals surface area contributed by atoms with Gasteiger partial charge in [0.25, 0.3) is 0 Å². The summed E-state index contributed by atoms with van der Waals surface area (Å²) in [6.45, 7) is 1.93. The second kappa shape index (κ2) is 4.41. The first-order valence-electron chi connectivity index (χ1n) is 5.18. The van der Waals surface area contributed by atoms with Crippen LogP contribution in [0.1, 0.15) is 16.1 Å². The number of aromatic nitrogens is 1. The number of aldehydes is 1. The SMILES string of the molecule is COc1cc2nc(C=O)cc(C)c2cc1OC. The molecule has 4 nitrogen and oxygen atoms in total. The maximum Gasteiger partial charge on any atom is 0.168 e. The minimum atomic E-state index is 0.419. The Morgan fingerprint density at radius 3 is 2.35 bits per heavy atom. The number of hydrogen-bond acceptors (Lipinski definition) is 4. The lowest BCUT2D eigenvalue weighted by Gasteiger charge is -2.10. The normalized spacial score (nSPS) is 10.3. The molecule has 0 atom stereocenters. The van der Waals surface area contributed by atoms with Gasteiger partial charge in [-0.2, -0.15) is 0 Å². The van der Waals surface area contributed by atoms with Crippen molar-refractivity contribution in [1.29, 1.82) is 0 Å². The maximum atomic E-state index is 10.8. The predicted octanol–water partition coefficient (Wildman–Crippen LogP) is 2.37. The van der Waals surface area contributed by atoms with Crippen LogP contribution in [0.25, 0.3) is 10.9 Å². The molecule has 0 N–H and O–H groups in total. The molecule has 0 radical (unpaired) electrons. The van der Waals surface area contributed by atoms with Crippen LogP contribution in [-0.2, 0) is 0 Å². The number of carbonyl (C=O) groups excluding carboxylic acids is 1. The second-order valence-electron chi connectivity index (χ2n) is 3.71. The summed E-state index contributed by atoms with van der Waals surface area (Å²) >= 11 is 0. The third-order valence-electron chi connectivity index (χ3n) is 2.66. The molecular formula is C13H13NO3. The smallest absolute Gasteiger partial charge is 0.168 e. The Kier molecular flexibility index (Phi) is 2.95. The number of carbonyl (C=O) groups is 1. The van der Waals surface area contributed by atoms with E-state index in [1.165, 1.54) is 0 Å². The van der Waals surface area contributed by atoms with Crippen molar-refractivity contribution in [2.45, 2.75) is 6.92 Å². The first-order chi connectivity index (χ1) is 8.19. The lowest BCUT2D eigenvalue weighted by Crippen LogP contribution is -1.95. The van der Waals surface area contributed by atoms with E-state index in [1.807, 2.05) is 13.0 Å². The number of benzene rings is 1. The van der Waals surface area contributed by atoms with Crippen LogP contribution >= 0.6 is 0 Å². The average molecular weight is 231 g/mol. The molecule has 0 saturated carbocycles. The van der Waals surface area contributed by atoms with Gasteiger partial charge in [0, 0.05) is 11.5 Å². The van der Waals surface area contributed by atoms with Crippen molar-refractivity contribution in [3.63, 3.8) is 0 Å². The van der Waals surface area contributed by atoms with Crippen LogP contribution < -0.4 is 9.47 Å². The predicted molar refractivity (Wildman–Crippen MR) is 65.0 cm³/mol. The lowest BCUT2D eigenvalue weighted by atomic mass is 10.1. The van der Waals surface area contributed by atoms with E-state index < -0.39 is 0 Å². The zero-order chi connectivity index (χ0) is 12.4. The van der Waals surface area contributed by atoms with E-state index in [1.54, 1.807) is 26.4 Å². The zero-order valence-electron chi connectivity index (χ0n) is 9.98. The Bertz CT molecular complexity index is 578. The third kappa shape index (κ3) is 1.93. The van der Waals surface area contributed by atoms with Gasteiger partial charge in [-0.1, -0.05) is 0 Å². The summed E-state index contributed by atoms with van der Waals surface area (Å²) in [4.78, 5) is 15.0. The number of pyridine rings is 1. The van der Waals surface area contributed by atoms with Gasteiger partial charge in [0.05, 0.1) is 19.7 Å². The Hall–Kier alpha value is -2.10. The van der Waals surface area contributed by atoms with Crippen LogP contribution in [0.4, 0.5) is 0 Å². The van der Waals surface area contributed by atoms with Crippen LogP contribution in [0.3, 0.4) is 0 Å². The number of methoxy groups -OCH3 is 2. The Labute approximate surface area is 99.2 Å². The molecule has 0 fully saturated rings. The van der Waals surface area contributed by atoms with E-state index in [9.17, 15) is 4.79 Å². The molecule has 0 aliphatic heterocycles. The molecule has 0 amide bonds. The highest BCUT2D eigenvalue weighted by Gasteiger charge is 2.09. The summed E-state index contributed by atoms with van der Waals surface area (Å²) in [5.74, 6) is 1.26. The van der Waals surface area contributed by atoms with Gasteiger partial charge < -0.3 is 9.47 Å². The second-order valence-corrected chi connectivity index (χ2v) is 3.71. The van der Waals surface area contributed by atoms with Gasteiger partial charge in [0.2, 0.25) is 0 Å². The molecule has 4 heteroatoms. The van der Waals surface area contributed by atoms with Gasteiger partial charge >= 0.3 is 0 Å². The third-order valence-corrected chi connectivity index (χ3v) is 2.66. The topological polar surface area (TPSA) is 48.4 Å². The molecule has 0 saturated heterocycles. The van der Waals surface area contributed by atoms with Crippen molar-refractivity contribution in [2.24, 2.45) is 0 Å². The fraction of sp³-hybridized carbons (Fsp3) is 0.231. The van der Waals surface area contributed by atoms with Gasteiger partial charge in [-0.05, 0) is 24.6 Å².